The van der Waals surface area contributed by atoms with E-state index in [9.17, 15) is 9.18 Å². The van der Waals surface area contributed by atoms with Gasteiger partial charge in [-0.25, -0.2) is 9.37 Å². The van der Waals surface area contributed by atoms with Gasteiger partial charge in [-0.1, -0.05) is 30.3 Å². The number of nitrogens with two attached hydrogens (primary N) is 1. The van der Waals surface area contributed by atoms with E-state index < -0.39 is 0 Å². The number of halogens is 1. The molecule has 0 saturated heterocycles. The normalized spacial score (nSPS) is 18.7. The quantitative estimate of drug-likeness (QED) is 0.283. The summed E-state index contributed by atoms with van der Waals surface area (Å²) in [6.07, 6.45) is 6.23. The van der Waals surface area contributed by atoms with Crippen molar-refractivity contribution in [2.75, 3.05) is 5.73 Å². The number of aromatic nitrogens is 2. The second-order valence-electron chi connectivity index (χ2n) is 8.80. The number of hydrogen-bond donors (Lipinski definition) is 2. The summed E-state index contributed by atoms with van der Waals surface area (Å²) in [6, 6.07) is 19.2. The first kappa shape index (κ1) is 20.4. The Balaban J connectivity index is 1.34. The van der Waals surface area contributed by atoms with Crippen LogP contribution in [0.4, 0.5) is 10.1 Å². The maximum absolute atomic E-state index is 15.0. The van der Waals surface area contributed by atoms with E-state index in [1.54, 1.807) is 24.3 Å². The van der Waals surface area contributed by atoms with Crippen molar-refractivity contribution < 1.29 is 9.18 Å². The Morgan fingerprint density at radius 1 is 0.969 bits per heavy atom. The summed E-state index contributed by atoms with van der Waals surface area (Å²) in [5, 5.41) is 0. The molecule has 5 rings (SSSR count). The molecule has 1 aliphatic carbocycles. The van der Waals surface area contributed by atoms with Crippen LogP contribution in [0.5, 0.6) is 0 Å². The Bertz CT molecular complexity index is 1250. The van der Waals surface area contributed by atoms with E-state index >= 15 is 0 Å². The Kier molecular flexibility index (Phi) is 5.48. The SMILES string of the molecule is Nc1ccc2nc(-c3ccc(-c4ccc(C5CCC(CC=O)CC5)cc4)cc3F)[nH]c2c1. The van der Waals surface area contributed by atoms with E-state index in [0.29, 0.717) is 35.3 Å². The summed E-state index contributed by atoms with van der Waals surface area (Å²) in [7, 11) is 0. The number of hydrogen-bond acceptors (Lipinski definition) is 3. The topological polar surface area (TPSA) is 71.8 Å². The molecule has 0 bridgehead atoms. The Hall–Kier alpha value is -3.47. The van der Waals surface area contributed by atoms with Gasteiger partial charge in [-0.05, 0) is 84.5 Å². The largest absolute Gasteiger partial charge is 0.399 e. The number of imidazole rings is 1. The highest BCUT2D eigenvalue weighted by atomic mass is 19.1. The number of aromatic amines is 1. The molecule has 0 unspecified atom stereocenters. The zero-order chi connectivity index (χ0) is 22.1. The third kappa shape index (κ3) is 4.03. The van der Waals surface area contributed by atoms with Gasteiger partial charge in [-0.3, -0.25) is 0 Å². The Labute approximate surface area is 186 Å². The summed E-state index contributed by atoms with van der Waals surface area (Å²) in [4.78, 5) is 18.4. The number of fused-ring (bicyclic) bond motifs is 1. The van der Waals surface area contributed by atoms with Crippen molar-refractivity contribution in [2.24, 2.45) is 5.92 Å². The summed E-state index contributed by atoms with van der Waals surface area (Å²) >= 11 is 0. The van der Waals surface area contributed by atoms with Crippen molar-refractivity contribution in [3.05, 3.63) is 72.0 Å². The molecule has 0 amide bonds. The second-order valence-corrected chi connectivity index (χ2v) is 8.80. The van der Waals surface area contributed by atoms with Crippen molar-refractivity contribution >= 4 is 23.0 Å². The van der Waals surface area contributed by atoms with Crippen LogP contribution >= 0.6 is 0 Å². The van der Waals surface area contributed by atoms with E-state index in [0.717, 1.165) is 54.1 Å². The molecule has 5 heteroatoms. The maximum atomic E-state index is 15.0. The monoisotopic (exact) mass is 427 g/mol. The second kappa shape index (κ2) is 8.58. The Morgan fingerprint density at radius 2 is 1.72 bits per heavy atom. The van der Waals surface area contributed by atoms with Gasteiger partial charge in [0.25, 0.3) is 0 Å². The minimum atomic E-state index is -0.313. The minimum Gasteiger partial charge on any atom is -0.399 e. The zero-order valence-electron chi connectivity index (χ0n) is 17.9. The third-order valence-electron chi connectivity index (χ3n) is 6.72. The van der Waals surface area contributed by atoms with E-state index in [-0.39, 0.29) is 5.82 Å². The molecule has 3 aromatic carbocycles. The maximum Gasteiger partial charge on any atom is 0.141 e. The highest BCUT2D eigenvalue weighted by molar-refractivity contribution is 5.82. The molecular formula is C27H26FN3O. The molecular weight excluding hydrogens is 401 g/mol. The van der Waals surface area contributed by atoms with Crippen LogP contribution in [-0.2, 0) is 4.79 Å². The summed E-state index contributed by atoms with van der Waals surface area (Å²) in [5.74, 6) is 1.28. The fourth-order valence-corrected chi connectivity index (χ4v) is 4.86. The molecule has 3 N–H and O–H groups in total. The number of anilines is 1. The fraction of sp³-hybridized carbons (Fsp3) is 0.259. The lowest BCUT2D eigenvalue weighted by atomic mass is 9.77. The zero-order valence-corrected chi connectivity index (χ0v) is 17.9. The van der Waals surface area contributed by atoms with E-state index in [1.807, 2.05) is 12.1 Å². The molecule has 1 heterocycles. The third-order valence-corrected chi connectivity index (χ3v) is 6.72. The van der Waals surface area contributed by atoms with Gasteiger partial charge in [0, 0.05) is 12.1 Å². The molecule has 4 aromatic rings. The first-order valence-electron chi connectivity index (χ1n) is 11.2. The van der Waals surface area contributed by atoms with Gasteiger partial charge in [0.05, 0.1) is 16.6 Å². The van der Waals surface area contributed by atoms with Crippen LogP contribution < -0.4 is 5.73 Å². The van der Waals surface area contributed by atoms with Crippen LogP contribution in [-0.4, -0.2) is 16.3 Å². The van der Waals surface area contributed by atoms with Gasteiger partial charge in [-0.2, -0.15) is 0 Å². The number of carbonyl (C=O) groups is 1. The number of nitrogens with one attached hydrogen (secondary N) is 1. The highest BCUT2D eigenvalue weighted by Crippen LogP contribution is 2.37. The molecule has 4 nitrogen and oxygen atoms in total. The predicted octanol–water partition coefficient (Wildman–Crippen LogP) is 6.48. The van der Waals surface area contributed by atoms with Crippen LogP contribution in [0.25, 0.3) is 33.5 Å². The van der Waals surface area contributed by atoms with Crippen LogP contribution in [0, 0.1) is 11.7 Å². The molecule has 0 spiro atoms. The molecule has 0 aliphatic heterocycles. The van der Waals surface area contributed by atoms with Gasteiger partial charge in [0.1, 0.15) is 17.9 Å². The van der Waals surface area contributed by atoms with E-state index in [1.165, 1.54) is 5.56 Å². The van der Waals surface area contributed by atoms with Crippen molar-refractivity contribution in [1.82, 2.24) is 9.97 Å². The summed E-state index contributed by atoms with van der Waals surface area (Å²) in [5.41, 5.74) is 11.6. The highest BCUT2D eigenvalue weighted by Gasteiger charge is 2.22. The lowest BCUT2D eigenvalue weighted by Crippen LogP contribution is -2.13. The first-order chi connectivity index (χ1) is 15.6. The fourth-order valence-electron chi connectivity index (χ4n) is 4.86. The lowest BCUT2D eigenvalue weighted by Gasteiger charge is -2.27. The average Bonchev–Trinajstić information content (AvgIpc) is 3.23. The average molecular weight is 428 g/mol. The number of benzene rings is 3. The van der Waals surface area contributed by atoms with Crippen LogP contribution in [0.2, 0.25) is 0 Å². The number of nitrogen functional groups attached to an aromatic ring is 1. The van der Waals surface area contributed by atoms with Gasteiger partial charge in [-0.15, -0.1) is 0 Å². The first-order valence-corrected chi connectivity index (χ1v) is 11.2. The number of carbonyl (C=O) groups excluding carboxylic acids is 1. The number of nitrogens with zero attached hydrogens (tertiary/aromatic N) is 1. The number of rotatable bonds is 5. The molecule has 162 valence electrons. The lowest BCUT2D eigenvalue weighted by molar-refractivity contribution is -0.108. The molecule has 0 radical (unpaired) electrons. The van der Waals surface area contributed by atoms with Gasteiger partial charge in [0.2, 0.25) is 0 Å². The standard InChI is InChI=1S/C27H26FN3O/c28-24-15-21(9-11-23(24)27-30-25-12-10-22(29)16-26(25)31-27)20-7-5-19(6-8-20)18-3-1-17(2-4-18)13-14-32/h5-12,14-18H,1-4,13,29H2,(H,30,31). The molecule has 0 atom stereocenters. The van der Waals surface area contributed by atoms with Crippen LogP contribution in [0.15, 0.2) is 60.7 Å². The summed E-state index contributed by atoms with van der Waals surface area (Å²) in [6.45, 7) is 0. The smallest absolute Gasteiger partial charge is 0.141 e. The van der Waals surface area contributed by atoms with Crippen molar-refractivity contribution in [3.63, 3.8) is 0 Å². The molecule has 32 heavy (non-hydrogen) atoms. The Morgan fingerprint density at radius 3 is 2.44 bits per heavy atom. The summed E-state index contributed by atoms with van der Waals surface area (Å²) < 4.78 is 15.0. The number of aldehydes is 1. The predicted molar refractivity (Wildman–Crippen MR) is 127 cm³/mol. The van der Waals surface area contributed by atoms with E-state index in [4.69, 9.17) is 5.73 Å². The van der Waals surface area contributed by atoms with E-state index in [2.05, 4.69) is 34.2 Å². The van der Waals surface area contributed by atoms with Crippen molar-refractivity contribution in [1.29, 1.82) is 0 Å². The minimum absolute atomic E-state index is 0.313. The molecule has 1 fully saturated rings. The van der Waals surface area contributed by atoms with Gasteiger partial charge < -0.3 is 15.5 Å². The van der Waals surface area contributed by atoms with Crippen LogP contribution in [0.1, 0.15) is 43.6 Å². The van der Waals surface area contributed by atoms with Gasteiger partial charge >= 0.3 is 0 Å². The van der Waals surface area contributed by atoms with Gasteiger partial charge in [0.15, 0.2) is 0 Å². The van der Waals surface area contributed by atoms with Crippen LogP contribution in [0.3, 0.4) is 0 Å². The molecule has 1 aromatic heterocycles. The number of H-pyrrole nitrogens is 1. The van der Waals surface area contributed by atoms with Crippen molar-refractivity contribution in [3.8, 4) is 22.5 Å². The molecule has 1 saturated carbocycles. The molecule has 1 aliphatic rings. The van der Waals surface area contributed by atoms with Crippen molar-refractivity contribution in [2.45, 2.75) is 38.0 Å².